The van der Waals surface area contributed by atoms with Gasteiger partial charge in [0.1, 0.15) is 0 Å². The van der Waals surface area contributed by atoms with Crippen LogP contribution in [0.3, 0.4) is 0 Å². The van der Waals surface area contributed by atoms with Gasteiger partial charge in [-0.3, -0.25) is 0 Å². The summed E-state index contributed by atoms with van der Waals surface area (Å²) in [5, 5.41) is 0. The summed E-state index contributed by atoms with van der Waals surface area (Å²) in [6.45, 7) is 0.878. The molecule has 0 bridgehead atoms. The van der Waals surface area contributed by atoms with Crippen LogP contribution in [0.4, 0.5) is 0 Å². The molecular weight excluding hydrogens is 427 g/mol. The normalized spacial score (nSPS) is 41.1. The molecule has 0 amide bonds. The molecule has 7 atom stereocenters. The summed E-state index contributed by atoms with van der Waals surface area (Å²) in [5.41, 5.74) is 0. The van der Waals surface area contributed by atoms with Gasteiger partial charge in [0.2, 0.25) is 0 Å². The smallest absolute Gasteiger partial charge is 0.162 e. The fraction of sp³-hybridized carbons (Fsp3) is 1.00. The molecule has 0 aromatic rings. The summed E-state index contributed by atoms with van der Waals surface area (Å²) in [5.74, 6) is 2.30. The molecule has 0 aromatic carbocycles. The summed E-state index contributed by atoms with van der Waals surface area (Å²) < 4.78 is 14.5. The molecule has 3 heteroatoms. The minimum Gasteiger partial charge on any atom is -0.376 e. The zero-order chi connectivity index (χ0) is 23.7. The molecule has 7 unspecified atom stereocenters. The van der Waals surface area contributed by atoms with Crippen molar-refractivity contribution in [3.63, 3.8) is 0 Å². The predicted octanol–water partition coefficient (Wildman–Crippen LogP) is 9.92. The van der Waals surface area contributed by atoms with Crippen LogP contribution in [0.2, 0.25) is 17.5 Å². The van der Waals surface area contributed by atoms with Crippen molar-refractivity contribution in [1.29, 1.82) is 0 Å². The van der Waals surface area contributed by atoms with E-state index in [0.29, 0.717) is 30.2 Å². The third kappa shape index (κ3) is 7.10. The minimum atomic E-state index is 0.478. The maximum atomic E-state index is 7.28. The molecule has 0 spiro atoms. The number of ether oxygens (including phenoxy) is 2. The van der Waals surface area contributed by atoms with Gasteiger partial charge in [-0.05, 0) is 43.1 Å². The number of rotatable bonds is 0. The lowest BCUT2D eigenvalue weighted by atomic mass is 9.21. The Bertz CT molecular complexity index is 596. The molecule has 2 heterocycles. The SMILES string of the molecule is C1CCCCC2OC3CCCCCCCCC4OC5CCCCCCCCC5B(C2CCCC1)C34. The van der Waals surface area contributed by atoms with Crippen LogP contribution in [0.25, 0.3) is 0 Å². The molecule has 0 N–H and O–H groups in total. The lowest BCUT2D eigenvalue weighted by molar-refractivity contribution is -0.112. The highest BCUT2D eigenvalue weighted by atomic mass is 16.5. The molecule has 2 aliphatic heterocycles. The Labute approximate surface area is 218 Å². The third-order valence-corrected chi connectivity index (χ3v) is 11.0. The number of hydrogen-bond donors (Lipinski definition) is 0. The van der Waals surface area contributed by atoms with Gasteiger partial charge in [-0.15, -0.1) is 0 Å². The fourth-order valence-electron chi connectivity index (χ4n) is 9.23. The van der Waals surface area contributed by atoms with Gasteiger partial charge >= 0.3 is 0 Å². The van der Waals surface area contributed by atoms with Crippen LogP contribution in [0, 0.1) is 0 Å². The second kappa shape index (κ2) is 14.2. The Hall–Kier alpha value is -0.0151. The highest BCUT2D eigenvalue weighted by Crippen LogP contribution is 2.56. The van der Waals surface area contributed by atoms with Crippen LogP contribution < -0.4 is 0 Å². The Morgan fingerprint density at radius 3 is 0.971 bits per heavy atom. The highest BCUT2D eigenvalue weighted by molar-refractivity contribution is 6.65. The second-order valence-corrected chi connectivity index (χ2v) is 13.4. The van der Waals surface area contributed by atoms with E-state index < -0.39 is 0 Å². The van der Waals surface area contributed by atoms with Gasteiger partial charge in [0.25, 0.3) is 0 Å². The van der Waals surface area contributed by atoms with E-state index in [9.17, 15) is 0 Å². The van der Waals surface area contributed by atoms with Crippen molar-refractivity contribution in [2.45, 2.75) is 202 Å². The van der Waals surface area contributed by atoms with Gasteiger partial charge in [0, 0.05) is 0 Å². The summed E-state index contributed by atoms with van der Waals surface area (Å²) in [6.07, 6.45) is 37.5. The van der Waals surface area contributed by atoms with Crippen LogP contribution in [0.15, 0.2) is 0 Å². The largest absolute Gasteiger partial charge is 0.376 e. The highest BCUT2D eigenvalue weighted by Gasteiger charge is 2.57. The van der Waals surface area contributed by atoms with Crippen molar-refractivity contribution in [2.75, 3.05) is 0 Å². The van der Waals surface area contributed by atoms with Crippen molar-refractivity contribution < 1.29 is 9.47 Å². The molecule has 3 saturated carbocycles. The predicted molar refractivity (Wildman–Crippen MR) is 150 cm³/mol. The molecule has 5 aliphatic rings. The Morgan fingerprint density at radius 1 is 0.314 bits per heavy atom. The minimum absolute atomic E-state index is 0.478. The fourth-order valence-corrected chi connectivity index (χ4v) is 9.23. The molecule has 200 valence electrons. The summed E-state index contributed by atoms with van der Waals surface area (Å²) in [4.78, 5) is 0. The molecule has 5 rings (SSSR count). The summed E-state index contributed by atoms with van der Waals surface area (Å²) in [6, 6.07) is 0. The second-order valence-electron chi connectivity index (χ2n) is 13.4. The standard InChI is InChI=1S/C32H57BO2/c1-2-8-14-20-26-28(22-16-10-3-1)34-30-24-18-12-6-7-13-19-25-31-32(30)33(26)27-21-15-9-4-5-11-17-23-29(27)35-31/h26-32H,1-25H2. The summed E-state index contributed by atoms with van der Waals surface area (Å²) >= 11 is 0. The van der Waals surface area contributed by atoms with Crippen molar-refractivity contribution in [2.24, 2.45) is 0 Å². The topological polar surface area (TPSA) is 18.5 Å². The quantitative estimate of drug-likeness (QED) is 0.319. The zero-order valence-electron chi connectivity index (χ0n) is 23.1. The number of fused-ring (bicyclic) bond motifs is 4. The van der Waals surface area contributed by atoms with Crippen molar-refractivity contribution in [1.82, 2.24) is 0 Å². The van der Waals surface area contributed by atoms with Gasteiger partial charge < -0.3 is 9.47 Å². The maximum Gasteiger partial charge on any atom is 0.162 e. The zero-order valence-corrected chi connectivity index (χ0v) is 23.1. The average Bonchev–Trinajstić information content (AvgIpc) is 2.95. The van der Waals surface area contributed by atoms with Crippen LogP contribution in [-0.2, 0) is 9.47 Å². The lowest BCUT2D eigenvalue weighted by Gasteiger charge is -2.56. The van der Waals surface area contributed by atoms with E-state index in [2.05, 4.69) is 0 Å². The van der Waals surface area contributed by atoms with E-state index in [1.165, 1.54) is 161 Å². The molecule has 0 radical (unpaired) electrons. The van der Waals surface area contributed by atoms with Gasteiger partial charge in [-0.25, -0.2) is 0 Å². The van der Waals surface area contributed by atoms with Gasteiger partial charge in [-0.2, -0.15) is 0 Å². The third-order valence-electron chi connectivity index (χ3n) is 11.0. The average molecular weight is 485 g/mol. The van der Waals surface area contributed by atoms with Gasteiger partial charge in [-0.1, -0.05) is 135 Å². The van der Waals surface area contributed by atoms with E-state index in [1.807, 2.05) is 0 Å². The van der Waals surface area contributed by atoms with Crippen LogP contribution in [0.5, 0.6) is 0 Å². The molecule has 35 heavy (non-hydrogen) atoms. The molecule has 2 saturated heterocycles. The maximum absolute atomic E-state index is 7.28. The molecule has 5 fully saturated rings. The van der Waals surface area contributed by atoms with E-state index in [4.69, 9.17) is 9.47 Å². The molecular formula is C32H57BO2. The Morgan fingerprint density at radius 2 is 0.600 bits per heavy atom. The molecule has 3 aliphatic carbocycles. The Balaban J connectivity index is 1.46. The molecule has 2 nitrogen and oxygen atoms in total. The Kier molecular flexibility index (Phi) is 10.8. The first-order valence-corrected chi connectivity index (χ1v) is 16.7. The van der Waals surface area contributed by atoms with E-state index in [0.717, 1.165) is 18.3 Å². The lowest BCUT2D eigenvalue weighted by Crippen LogP contribution is -2.59. The van der Waals surface area contributed by atoms with Crippen molar-refractivity contribution in [3.05, 3.63) is 0 Å². The van der Waals surface area contributed by atoms with Crippen LogP contribution >= 0.6 is 0 Å². The van der Waals surface area contributed by atoms with Gasteiger partial charge in [0.05, 0.1) is 24.4 Å². The van der Waals surface area contributed by atoms with Gasteiger partial charge in [0.15, 0.2) is 6.71 Å². The summed E-state index contributed by atoms with van der Waals surface area (Å²) in [7, 11) is 0. The van der Waals surface area contributed by atoms with Crippen molar-refractivity contribution in [3.8, 4) is 0 Å². The van der Waals surface area contributed by atoms with E-state index in [1.54, 1.807) is 0 Å². The first-order chi connectivity index (χ1) is 17.4. The van der Waals surface area contributed by atoms with Crippen LogP contribution in [0.1, 0.15) is 161 Å². The van der Waals surface area contributed by atoms with Crippen molar-refractivity contribution >= 4 is 6.71 Å². The van der Waals surface area contributed by atoms with E-state index in [-0.39, 0.29) is 0 Å². The van der Waals surface area contributed by atoms with Crippen LogP contribution in [-0.4, -0.2) is 31.1 Å². The van der Waals surface area contributed by atoms with E-state index >= 15 is 0 Å². The monoisotopic (exact) mass is 484 g/mol. The molecule has 0 aromatic heterocycles. The first kappa shape index (κ1) is 26.6. The number of hydrogen-bond acceptors (Lipinski definition) is 2. The first-order valence-electron chi connectivity index (χ1n) is 16.7.